The zero-order valence-corrected chi connectivity index (χ0v) is 13.1. The first kappa shape index (κ1) is 17.0. The number of sulfonamides is 1. The Morgan fingerprint density at radius 2 is 2.04 bits per heavy atom. The van der Waals surface area contributed by atoms with Crippen molar-refractivity contribution in [3.05, 3.63) is 59.7 Å². The first-order valence-electron chi connectivity index (χ1n) is 6.68. The standard InChI is InChI=1S/C15H15FN2O4S/c1-11-8-12(16)5-6-14(11)23(21,22)18(10-15(19)20)9-13-4-2-3-7-17-13/h2-8H,9-10H2,1H3,(H,19,20). The van der Waals surface area contributed by atoms with E-state index in [0.717, 1.165) is 22.5 Å². The number of nitrogens with zero attached hydrogens (tertiary/aromatic N) is 2. The van der Waals surface area contributed by atoms with Gasteiger partial charge in [0.15, 0.2) is 0 Å². The summed E-state index contributed by atoms with van der Waals surface area (Å²) in [6.07, 6.45) is 1.49. The number of aromatic nitrogens is 1. The van der Waals surface area contributed by atoms with Crippen LogP contribution in [0.5, 0.6) is 0 Å². The molecule has 0 fully saturated rings. The second-order valence-electron chi connectivity index (χ2n) is 4.90. The zero-order valence-electron chi connectivity index (χ0n) is 12.3. The van der Waals surface area contributed by atoms with Crippen molar-refractivity contribution in [1.29, 1.82) is 0 Å². The lowest BCUT2D eigenvalue weighted by atomic mass is 10.2. The summed E-state index contributed by atoms with van der Waals surface area (Å²) in [5.41, 5.74) is 0.624. The van der Waals surface area contributed by atoms with Gasteiger partial charge in [-0.25, -0.2) is 12.8 Å². The van der Waals surface area contributed by atoms with Gasteiger partial charge in [-0.1, -0.05) is 6.07 Å². The van der Waals surface area contributed by atoms with Crippen molar-refractivity contribution >= 4 is 16.0 Å². The van der Waals surface area contributed by atoms with Gasteiger partial charge < -0.3 is 5.11 Å². The summed E-state index contributed by atoms with van der Waals surface area (Å²) in [4.78, 5) is 14.9. The Kier molecular flexibility index (Phi) is 5.07. The largest absolute Gasteiger partial charge is 0.480 e. The van der Waals surface area contributed by atoms with Crippen LogP contribution in [-0.4, -0.2) is 35.3 Å². The van der Waals surface area contributed by atoms with E-state index in [2.05, 4.69) is 4.98 Å². The fraction of sp³-hybridized carbons (Fsp3) is 0.200. The zero-order chi connectivity index (χ0) is 17.0. The minimum Gasteiger partial charge on any atom is -0.480 e. The fourth-order valence-corrected chi connectivity index (χ4v) is 3.66. The van der Waals surface area contributed by atoms with E-state index in [1.807, 2.05) is 0 Å². The van der Waals surface area contributed by atoms with Crippen LogP contribution >= 0.6 is 0 Å². The van der Waals surface area contributed by atoms with Gasteiger partial charge in [0.1, 0.15) is 12.4 Å². The Bertz CT molecular complexity index is 809. The number of hydrogen-bond donors (Lipinski definition) is 1. The average Bonchev–Trinajstić information content (AvgIpc) is 2.46. The molecule has 1 heterocycles. The SMILES string of the molecule is Cc1cc(F)ccc1S(=O)(=O)N(CC(=O)O)Cc1ccccn1. The third-order valence-electron chi connectivity index (χ3n) is 3.13. The Morgan fingerprint density at radius 1 is 1.30 bits per heavy atom. The highest BCUT2D eigenvalue weighted by Gasteiger charge is 2.28. The fourth-order valence-electron chi connectivity index (χ4n) is 2.09. The van der Waals surface area contributed by atoms with Crippen LogP contribution in [-0.2, 0) is 21.4 Å². The number of hydrogen-bond acceptors (Lipinski definition) is 4. The topological polar surface area (TPSA) is 87.6 Å². The normalized spacial score (nSPS) is 11.6. The molecule has 0 radical (unpaired) electrons. The first-order chi connectivity index (χ1) is 10.8. The van der Waals surface area contributed by atoms with Gasteiger partial charge in [-0.2, -0.15) is 4.31 Å². The third kappa shape index (κ3) is 4.11. The van der Waals surface area contributed by atoms with Gasteiger partial charge in [-0.05, 0) is 42.8 Å². The number of carbonyl (C=O) groups is 1. The summed E-state index contributed by atoms with van der Waals surface area (Å²) in [6.45, 7) is 0.553. The highest BCUT2D eigenvalue weighted by atomic mass is 32.2. The van der Waals surface area contributed by atoms with E-state index in [0.29, 0.717) is 5.69 Å². The maximum Gasteiger partial charge on any atom is 0.318 e. The minimum atomic E-state index is -4.10. The van der Waals surface area contributed by atoms with Crippen LogP contribution in [0.25, 0.3) is 0 Å². The number of benzene rings is 1. The average molecular weight is 338 g/mol. The predicted molar refractivity (Wildman–Crippen MR) is 80.6 cm³/mol. The van der Waals surface area contributed by atoms with E-state index >= 15 is 0 Å². The van der Waals surface area contributed by atoms with Crippen molar-refractivity contribution in [3.8, 4) is 0 Å². The highest BCUT2D eigenvalue weighted by Crippen LogP contribution is 2.22. The highest BCUT2D eigenvalue weighted by molar-refractivity contribution is 7.89. The molecule has 1 aromatic heterocycles. The Morgan fingerprint density at radius 3 is 2.61 bits per heavy atom. The number of pyridine rings is 1. The van der Waals surface area contributed by atoms with Gasteiger partial charge in [0.2, 0.25) is 10.0 Å². The molecule has 122 valence electrons. The number of halogens is 1. The van der Waals surface area contributed by atoms with Crippen LogP contribution in [0, 0.1) is 12.7 Å². The van der Waals surface area contributed by atoms with Gasteiger partial charge in [-0.15, -0.1) is 0 Å². The lowest BCUT2D eigenvalue weighted by Gasteiger charge is -2.21. The maximum atomic E-state index is 13.2. The van der Waals surface area contributed by atoms with E-state index in [1.165, 1.54) is 13.1 Å². The van der Waals surface area contributed by atoms with Crippen LogP contribution in [0.15, 0.2) is 47.5 Å². The lowest BCUT2D eigenvalue weighted by molar-refractivity contribution is -0.137. The van der Waals surface area contributed by atoms with Gasteiger partial charge in [-0.3, -0.25) is 9.78 Å². The second kappa shape index (κ2) is 6.84. The van der Waals surface area contributed by atoms with Crippen LogP contribution in [0.3, 0.4) is 0 Å². The molecule has 6 nitrogen and oxygen atoms in total. The second-order valence-corrected chi connectivity index (χ2v) is 6.80. The molecule has 0 saturated carbocycles. The number of aryl methyl sites for hydroxylation is 1. The molecular formula is C15H15FN2O4S. The van der Waals surface area contributed by atoms with Crippen molar-refractivity contribution in [2.24, 2.45) is 0 Å². The van der Waals surface area contributed by atoms with Crippen LogP contribution in [0.2, 0.25) is 0 Å². The molecule has 0 unspecified atom stereocenters. The summed E-state index contributed by atoms with van der Waals surface area (Å²) in [7, 11) is -4.10. The number of carboxylic acids is 1. The molecule has 0 atom stereocenters. The Balaban J connectivity index is 2.42. The summed E-state index contributed by atoms with van der Waals surface area (Å²) >= 11 is 0. The van der Waals surface area contributed by atoms with Crippen molar-refractivity contribution in [3.63, 3.8) is 0 Å². The van der Waals surface area contributed by atoms with Crippen LogP contribution in [0.4, 0.5) is 4.39 Å². The van der Waals surface area contributed by atoms with Gasteiger partial charge in [0.05, 0.1) is 17.1 Å². The molecule has 2 aromatic rings. The van der Waals surface area contributed by atoms with Crippen LogP contribution < -0.4 is 0 Å². The van der Waals surface area contributed by atoms with E-state index in [-0.39, 0.29) is 17.0 Å². The number of aliphatic carboxylic acids is 1. The molecule has 0 bridgehead atoms. The first-order valence-corrected chi connectivity index (χ1v) is 8.12. The summed E-state index contributed by atoms with van der Waals surface area (Å²) in [5.74, 6) is -1.85. The Labute approximate surface area is 133 Å². The molecule has 23 heavy (non-hydrogen) atoms. The van der Waals surface area contributed by atoms with Crippen molar-refractivity contribution < 1.29 is 22.7 Å². The molecule has 0 aliphatic heterocycles. The third-order valence-corrected chi connectivity index (χ3v) is 5.08. The van der Waals surface area contributed by atoms with Crippen molar-refractivity contribution in [2.75, 3.05) is 6.54 Å². The quantitative estimate of drug-likeness (QED) is 0.868. The molecule has 0 amide bonds. The summed E-state index contributed by atoms with van der Waals surface area (Å²) in [5, 5.41) is 9.00. The van der Waals surface area contributed by atoms with Crippen LogP contribution in [0.1, 0.15) is 11.3 Å². The molecule has 0 aliphatic rings. The molecule has 0 saturated heterocycles. The molecule has 0 aliphatic carbocycles. The smallest absolute Gasteiger partial charge is 0.318 e. The lowest BCUT2D eigenvalue weighted by Crippen LogP contribution is -2.35. The van der Waals surface area contributed by atoms with E-state index < -0.39 is 28.4 Å². The predicted octanol–water partition coefficient (Wildman–Crippen LogP) is 1.80. The van der Waals surface area contributed by atoms with Crippen molar-refractivity contribution in [1.82, 2.24) is 9.29 Å². The molecule has 2 rings (SSSR count). The van der Waals surface area contributed by atoms with E-state index in [9.17, 15) is 17.6 Å². The van der Waals surface area contributed by atoms with Gasteiger partial charge >= 0.3 is 5.97 Å². The molecule has 1 N–H and O–H groups in total. The van der Waals surface area contributed by atoms with Gasteiger partial charge in [0, 0.05) is 6.20 Å². The molecule has 1 aromatic carbocycles. The molecule has 0 spiro atoms. The monoisotopic (exact) mass is 338 g/mol. The minimum absolute atomic E-state index is 0.129. The van der Waals surface area contributed by atoms with Gasteiger partial charge in [0.25, 0.3) is 0 Å². The maximum absolute atomic E-state index is 13.2. The van der Waals surface area contributed by atoms with E-state index in [1.54, 1.807) is 18.2 Å². The Hall–Kier alpha value is -2.32. The number of rotatable bonds is 6. The van der Waals surface area contributed by atoms with E-state index in [4.69, 9.17) is 5.11 Å². The van der Waals surface area contributed by atoms with Crippen molar-refractivity contribution in [2.45, 2.75) is 18.4 Å². The summed E-state index contributed by atoms with van der Waals surface area (Å²) < 4.78 is 39.4. The summed E-state index contributed by atoms with van der Waals surface area (Å²) in [6, 6.07) is 8.20. The molecule has 8 heteroatoms. The molecular weight excluding hydrogens is 323 g/mol. The number of carboxylic acid groups (broad SMARTS) is 1.